The van der Waals surface area contributed by atoms with Gasteiger partial charge in [-0.05, 0) is 42.7 Å². The minimum absolute atomic E-state index is 0.0398. The van der Waals surface area contributed by atoms with E-state index in [2.05, 4.69) is 54.6 Å². The molecule has 0 amide bonds. The van der Waals surface area contributed by atoms with Crippen LogP contribution < -0.4 is 0 Å². The number of carboxylic acid groups (broad SMARTS) is 1. The van der Waals surface area contributed by atoms with Gasteiger partial charge < -0.3 is 14.6 Å². The van der Waals surface area contributed by atoms with Gasteiger partial charge in [-0.15, -0.1) is 0 Å². The van der Waals surface area contributed by atoms with Crippen molar-refractivity contribution in [3.8, 4) is 0 Å². The number of benzene rings is 2. The third-order valence-electron chi connectivity index (χ3n) is 6.91. The molecule has 1 saturated carbocycles. The number of allylic oxidation sites excluding steroid dienone is 2. The molecule has 4 nitrogen and oxygen atoms in total. The maximum atomic E-state index is 10.7. The first-order valence-corrected chi connectivity index (χ1v) is 11.3. The van der Waals surface area contributed by atoms with Gasteiger partial charge in [-0.3, -0.25) is 4.79 Å². The van der Waals surface area contributed by atoms with E-state index in [0.717, 1.165) is 25.9 Å². The zero-order chi connectivity index (χ0) is 21.5. The Hall–Kier alpha value is -2.43. The predicted octanol–water partition coefficient (Wildman–Crippen LogP) is 5.38. The Bertz CT molecular complexity index is 863. The first-order valence-electron chi connectivity index (χ1n) is 11.3. The Morgan fingerprint density at radius 1 is 1.10 bits per heavy atom. The second-order valence-corrected chi connectivity index (χ2v) is 8.84. The van der Waals surface area contributed by atoms with Gasteiger partial charge in [-0.25, -0.2) is 0 Å². The molecule has 4 atom stereocenters. The number of carbonyl (C=O) groups is 1. The molecule has 2 aliphatic rings. The fourth-order valence-electron chi connectivity index (χ4n) is 5.36. The molecule has 0 aromatic heterocycles. The molecule has 2 unspecified atom stereocenters. The Kier molecular flexibility index (Phi) is 7.21. The van der Waals surface area contributed by atoms with Gasteiger partial charge in [-0.2, -0.15) is 0 Å². The molecule has 1 aliphatic heterocycles. The average molecular weight is 421 g/mol. The van der Waals surface area contributed by atoms with Crippen LogP contribution in [0, 0.1) is 11.8 Å². The quantitative estimate of drug-likeness (QED) is 0.392. The zero-order valence-corrected chi connectivity index (χ0v) is 18.0. The molecule has 1 N–H and O–H groups in total. The van der Waals surface area contributed by atoms with E-state index in [1.165, 1.54) is 11.1 Å². The Morgan fingerprint density at radius 3 is 2.58 bits per heavy atom. The van der Waals surface area contributed by atoms with Crippen molar-refractivity contribution in [2.24, 2.45) is 11.8 Å². The summed E-state index contributed by atoms with van der Waals surface area (Å²) in [5.74, 6) is 0.0961. The van der Waals surface area contributed by atoms with E-state index < -0.39 is 5.97 Å². The lowest BCUT2D eigenvalue weighted by molar-refractivity contribution is -0.137. The summed E-state index contributed by atoms with van der Waals surface area (Å²) in [6.45, 7) is 2.10. The number of carboxylic acids is 1. The summed E-state index contributed by atoms with van der Waals surface area (Å²) in [5, 5.41) is 8.82. The molecule has 4 heteroatoms. The van der Waals surface area contributed by atoms with Crippen molar-refractivity contribution < 1.29 is 19.4 Å². The number of unbranched alkanes of at least 4 members (excludes halogenated alkanes) is 1. The van der Waals surface area contributed by atoms with Gasteiger partial charge >= 0.3 is 5.97 Å². The summed E-state index contributed by atoms with van der Waals surface area (Å²) < 4.78 is 12.4. The molecule has 2 aromatic carbocycles. The highest BCUT2D eigenvalue weighted by Crippen LogP contribution is 2.56. The van der Waals surface area contributed by atoms with E-state index in [4.69, 9.17) is 14.6 Å². The van der Waals surface area contributed by atoms with E-state index in [9.17, 15) is 4.79 Å². The van der Waals surface area contributed by atoms with Crippen LogP contribution in [0.4, 0.5) is 0 Å². The molecule has 0 radical (unpaired) electrons. The van der Waals surface area contributed by atoms with Crippen LogP contribution in [0.5, 0.6) is 0 Å². The van der Waals surface area contributed by atoms with Crippen LogP contribution in [-0.2, 0) is 26.3 Å². The second-order valence-electron chi connectivity index (χ2n) is 8.84. The summed E-state index contributed by atoms with van der Waals surface area (Å²) in [7, 11) is 0. The Morgan fingerprint density at radius 2 is 1.84 bits per heavy atom. The number of ether oxygens (including phenoxy) is 2. The van der Waals surface area contributed by atoms with Gasteiger partial charge in [0.2, 0.25) is 0 Å². The normalized spacial score (nSPS) is 27.2. The minimum atomic E-state index is -0.725. The van der Waals surface area contributed by atoms with Crippen LogP contribution in [-0.4, -0.2) is 30.4 Å². The zero-order valence-electron chi connectivity index (χ0n) is 18.0. The SMILES string of the molecule is O=C(O)CCC/C=C/C[C@@H]1[C@@H](COCc2ccccc2)C2CC1(c1ccccc1)CO2. The molecule has 2 fully saturated rings. The van der Waals surface area contributed by atoms with Crippen molar-refractivity contribution in [1.29, 1.82) is 0 Å². The molecule has 1 heterocycles. The van der Waals surface area contributed by atoms with E-state index in [0.29, 0.717) is 31.5 Å². The number of hydrogen-bond donors (Lipinski definition) is 1. The van der Waals surface area contributed by atoms with E-state index in [1.54, 1.807) is 0 Å². The highest BCUT2D eigenvalue weighted by Gasteiger charge is 2.58. The molecule has 2 aromatic rings. The van der Waals surface area contributed by atoms with Gasteiger partial charge in [-0.1, -0.05) is 72.8 Å². The average Bonchev–Trinajstić information content (AvgIpc) is 3.36. The van der Waals surface area contributed by atoms with Crippen LogP contribution in [0.1, 0.15) is 43.2 Å². The second kappa shape index (κ2) is 10.3. The first kappa shape index (κ1) is 21.8. The predicted molar refractivity (Wildman–Crippen MR) is 121 cm³/mol. The van der Waals surface area contributed by atoms with Crippen molar-refractivity contribution >= 4 is 5.97 Å². The highest BCUT2D eigenvalue weighted by molar-refractivity contribution is 5.66. The van der Waals surface area contributed by atoms with Gasteiger partial charge in [0.25, 0.3) is 0 Å². The van der Waals surface area contributed by atoms with Crippen molar-refractivity contribution in [1.82, 2.24) is 0 Å². The first-order chi connectivity index (χ1) is 15.2. The standard InChI is InChI=1S/C27H32O4/c28-26(29)16-10-2-1-9-15-24-23(19-30-18-21-11-5-3-6-12-21)25-17-27(24,20-31-25)22-13-7-4-8-14-22/h1,3-9,11-14,23-25H,2,10,15-20H2,(H,28,29)/b9-1+/t23-,24-,25?,27?/m1/s1. The number of aliphatic carboxylic acids is 1. The summed E-state index contributed by atoms with van der Waals surface area (Å²) in [5.41, 5.74) is 2.60. The van der Waals surface area contributed by atoms with Crippen molar-refractivity contribution in [3.63, 3.8) is 0 Å². The fraction of sp³-hybridized carbons (Fsp3) is 0.444. The molecule has 1 saturated heterocycles. The third-order valence-corrected chi connectivity index (χ3v) is 6.91. The van der Waals surface area contributed by atoms with Crippen LogP contribution in [0.25, 0.3) is 0 Å². The lowest BCUT2D eigenvalue weighted by Gasteiger charge is -2.39. The van der Waals surface area contributed by atoms with Crippen LogP contribution in [0.2, 0.25) is 0 Å². The van der Waals surface area contributed by atoms with Gasteiger partial charge in [0.15, 0.2) is 0 Å². The molecule has 31 heavy (non-hydrogen) atoms. The van der Waals surface area contributed by atoms with E-state index in [1.807, 2.05) is 18.2 Å². The molecule has 0 spiro atoms. The van der Waals surface area contributed by atoms with Crippen LogP contribution >= 0.6 is 0 Å². The maximum Gasteiger partial charge on any atom is 0.303 e. The van der Waals surface area contributed by atoms with Crippen LogP contribution in [0.3, 0.4) is 0 Å². The smallest absolute Gasteiger partial charge is 0.303 e. The molecule has 164 valence electrons. The fourth-order valence-corrected chi connectivity index (χ4v) is 5.36. The summed E-state index contributed by atoms with van der Waals surface area (Å²) in [6, 6.07) is 21.1. The summed E-state index contributed by atoms with van der Waals surface area (Å²) in [6.07, 6.45) is 8.39. The molecular weight excluding hydrogens is 388 g/mol. The lowest BCUT2D eigenvalue weighted by atomic mass is 9.69. The van der Waals surface area contributed by atoms with Crippen molar-refractivity contribution in [2.75, 3.05) is 13.2 Å². The number of hydrogen-bond acceptors (Lipinski definition) is 3. The molecular formula is C27H32O4. The van der Waals surface area contributed by atoms with Gasteiger partial charge in [0.05, 0.1) is 25.9 Å². The lowest BCUT2D eigenvalue weighted by Crippen LogP contribution is -2.41. The van der Waals surface area contributed by atoms with Gasteiger partial charge in [0, 0.05) is 17.8 Å². The van der Waals surface area contributed by atoms with Gasteiger partial charge in [0.1, 0.15) is 0 Å². The van der Waals surface area contributed by atoms with E-state index >= 15 is 0 Å². The van der Waals surface area contributed by atoms with E-state index in [-0.39, 0.29) is 17.9 Å². The van der Waals surface area contributed by atoms with Crippen molar-refractivity contribution in [3.05, 3.63) is 83.9 Å². The largest absolute Gasteiger partial charge is 0.481 e. The third kappa shape index (κ3) is 5.08. The molecule has 2 bridgehead atoms. The summed E-state index contributed by atoms with van der Waals surface area (Å²) >= 11 is 0. The minimum Gasteiger partial charge on any atom is -0.481 e. The molecule has 4 rings (SSSR count). The van der Waals surface area contributed by atoms with Crippen molar-refractivity contribution in [2.45, 2.75) is 50.2 Å². The monoisotopic (exact) mass is 420 g/mol. The molecule has 1 aliphatic carbocycles. The topological polar surface area (TPSA) is 55.8 Å². The van der Waals surface area contributed by atoms with Crippen LogP contribution in [0.15, 0.2) is 72.8 Å². The summed E-state index contributed by atoms with van der Waals surface area (Å²) in [4.78, 5) is 10.7. The maximum absolute atomic E-state index is 10.7. The number of rotatable bonds is 11. The highest BCUT2D eigenvalue weighted by atomic mass is 16.5. The Labute approximate surface area is 184 Å². The Balaban J connectivity index is 1.44. The number of fused-ring (bicyclic) bond motifs is 2.